The van der Waals surface area contributed by atoms with Crippen LogP contribution in [0.15, 0.2) is 48.5 Å². The number of carbonyl (C=O) groups excluding carboxylic acids is 1. The highest BCUT2D eigenvalue weighted by Crippen LogP contribution is 2.50. The van der Waals surface area contributed by atoms with Crippen LogP contribution in [-0.2, 0) is 17.6 Å². The molecule has 0 aromatic heterocycles. The minimum absolute atomic E-state index is 0.0595. The Hall–Kier alpha value is -2.29. The monoisotopic (exact) mass is 391 g/mol. The second kappa shape index (κ2) is 9.02. The van der Waals surface area contributed by atoms with Gasteiger partial charge in [-0.05, 0) is 61.1 Å². The van der Waals surface area contributed by atoms with Crippen LogP contribution in [0.2, 0.25) is 0 Å². The summed E-state index contributed by atoms with van der Waals surface area (Å²) in [6.07, 6.45) is 7.23. The zero-order valence-electron chi connectivity index (χ0n) is 17.7. The molecule has 0 radical (unpaired) electrons. The first-order valence-corrected chi connectivity index (χ1v) is 11.2. The maximum Gasteiger partial charge on any atom is 0.222 e. The van der Waals surface area contributed by atoms with Crippen molar-refractivity contribution in [1.29, 1.82) is 0 Å². The molecule has 3 heteroatoms. The van der Waals surface area contributed by atoms with E-state index in [1.54, 1.807) is 0 Å². The van der Waals surface area contributed by atoms with Gasteiger partial charge in [0.15, 0.2) is 0 Å². The van der Waals surface area contributed by atoms with Crippen molar-refractivity contribution in [2.45, 2.75) is 64.4 Å². The fourth-order valence-electron chi connectivity index (χ4n) is 4.50. The van der Waals surface area contributed by atoms with Crippen LogP contribution in [0.1, 0.15) is 62.1 Å². The first-order chi connectivity index (χ1) is 14.1. The molecule has 29 heavy (non-hydrogen) atoms. The van der Waals surface area contributed by atoms with Crippen LogP contribution in [0.4, 0.5) is 0 Å². The third kappa shape index (κ3) is 5.01. The molecular formula is C26H33NO2. The Labute approximate surface area is 174 Å². The molecule has 2 aliphatic rings. The summed E-state index contributed by atoms with van der Waals surface area (Å²) in [5.41, 5.74) is 4.30. The fourth-order valence-corrected chi connectivity index (χ4v) is 4.50. The van der Waals surface area contributed by atoms with Crippen LogP contribution in [0.25, 0.3) is 0 Å². The number of benzene rings is 2. The lowest BCUT2D eigenvalue weighted by molar-refractivity contribution is -0.124. The second-order valence-corrected chi connectivity index (χ2v) is 9.00. The highest BCUT2D eigenvalue weighted by molar-refractivity contribution is 5.77. The lowest BCUT2D eigenvalue weighted by Gasteiger charge is -2.10. The Bertz CT molecular complexity index is 830. The van der Waals surface area contributed by atoms with Crippen LogP contribution in [0.3, 0.4) is 0 Å². The Morgan fingerprint density at radius 2 is 1.93 bits per heavy atom. The van der Waals surface area contributed by atoms with E-state index in [4.69, 9.17) is 4.74 Å². The van der Waals surface area contributed by atoms with E-state index >= 15 is 0 Å². The summed E-state index contributed by atoms with van der Waals surface area (Å²) in [5.74, 6) is 2.47. The lowest BCUT2D eigenvalue weighted by Crippen LogP contribution is -2.29. The van der Waals surface area contributed by atoms with Crippen LogP contribution in [0.5, 0.6) is 5.75 Å². The molecule has 3 atom stereocenters. The molecule has 2 aromatic carbocycles. The van der Waals surface area contributed by atoms with Gasteiger partial charge < -0.3 is 10.1 Å². The normalized spacial score (nSPS) is 22.2. The van der Waals surface area contributed by atoms with Gasteiger partial charge in [-0.3, -0.25) is 4.79 Å². The van der Waals surface area contributed by atoms with Gasteiger partial charge in [0.25, 0.3) is 0 Å². The Morgan fingerprint density at radius 3 is 2.72 bits per heavy atom. The molecule has 1 fully saturated rings. The van der Waals surface area contributed by atoms with Crippen molar-refractivity contribution in [3.8, 4) is 5.75 Å². The molecule has 154 valence electrons. The fraction of sp³-hybridized carbons (Fsp3) is 0.500. The molecule has 1 heterocycles. The Kier molecular flexibility index (Phi) is 6.22. The molecule has 1 N–H and O–H groups in total. The zero-order valence-corrected chi connectivity index (χ0v) is 17.7. The van der Waals surface area contributed by atoms with Crippen LogP contribution in [-0.4, -0.2) is 18.6 Å². The molecular weight excluding hydrogens is 358 g/mol. The van der Waals surface area contributed by atoms with Crippen LogP contribution in [0, 0.1) is 11.8 Å². The third-order valence-corrected chi connectivity index (χ3v) is 6.36. The van der Waals surface area contributed by atoms with E-state index in [1.165, 1.54) is 36.0 Å². The van der Waals surface area contributed by atoms with Crippen molar-refractivity contribution in [1.82, 2.24) is 5.32 Å². The standard InChI is InChI=1S/C26H33NO2/c1-18(2)26(28)27-17-20-15-23(20)22-13-8-14-25-24(22)16-21(29-25)12-7-6-11-19-9-4-3-5-10-19/h3-5,8-10,13-14,18,20-21,23H,6-7,11-12,15-17H2,1-2H3,(H,27,28)/t20-,21+,23+/m0/s1. The number of unbranched alkanes of at least 4 members (excludes halogenated alkanes) is 1. The number of hydrogen-bond acceptors (Lipinski definition) is 2. The van der Waals surface area contributed by atoms with E-state index < -0.39 is 0 Å². The summed E-state index contributed by atoms with van der Waals surface area (Å²) in [6.45, 7) is 4.69. The van der Waals surface area contributed by atoms with Crippen molar-refractivity contribution >= 4 is 5.91 Å². The first kappa shape index (κ1) is 20.0. The van der Waals surface area contributed by atoms with Crippen LogP contribution < -0.4 is 10.1 Å². The molecule has 3 nitrogen and oxygen atoms in total. The van der Waals surface area contributed by atoms with Crippen molar-refractivity contribution < 1.29 is 9.53 Å². The van der Waals surface area contributed by atoms with Gasteiger partial charge >= 0.3 is 0 Å². The average Bonchev–Trinajstić information content (AvgIpc) is 3.38. The largest absolute Gasteiger partial charge is 0.490 e. The van der Waals surface area contributed by atoms with Gasteiger partial charge in [-0.2, -0.15) is 0 Å². The highest BCUT2D eigenvalue weighted by Gasteiger charge is 2.41. The number of rotatable bonds is 9. The molecule has 4 rings (SSSR count). The van der Waals surface area contributed by atoms with Gasteiger partial charge in [0.05, 0.1) is 0 Å². The van der Waals surface area contributed by atoms with Gasteiger partial charge in [-0.15, -0.1) is 0 Å². The SMILES string of the molecule is CC(C)C(=O)NC[C@@H]1C[C@H]1c1cccc2c1C[C@@H](CCCCc1ccccc1)O2. The predicted molar refractivity (Wildman–Crippen MR) is 117 cm³/mol. The summed E-state index contributed by atoms with van der Waals surface area (Å²) < 4.78 is 6.27. The van der Waals surface area contributed by atoms with E-state index in [-0.39, 0.29) is 11.8 Å². The molecule has 0 unspecified atom stereocenters. The minimum atomic E-state index is 0.0595. The van der Waals surface area contributed by atoms with Crippen molar-refractivity contribution in [2.24, 2.45) is 11.8 Å². The quantitative estimate of drug-likeness (QED) is 0.591. The topological polar surface area (TPSA) is 38.3 Å². The summed E-state index contributed by atoms with van der Waals surface area (Å²) in [7, 11) is 0. The van der Waals surface area contributed by atoms with E-state index in [9.17, 15) is 4.79 Å². The number of ether oxygens (including phenoxy) is 1. The number of aryl methyl sites for hydroxylation is 1. The molecule has 1 aliphatic heterocycles. The molecule has 0 spiro atoms. The summed E-state index contributed by atoms with van der Waals surface area (Å²) in [6, 6.07) is 17.3. The molecule has 1 saturated carbocycles. The van der Waals surface area contributed by atoms with E-state index in [0.717, 1.165) is 31.6 Å². The first-order valence-electron chi connectivity index (χ1n) is 11.2. The zero-order chi connectivity index (χ0) is 20.2. The molecule has 1 amide bonds. The van der Waals surface area contributed by atoms with E-state index in [0.29, 0.717) is 17.9 Å². The van der Waals surface area contributed by atoms with Gasteiger partial charge in [-0.1, -0.05) is 56.3 Å². The van der Waals surface area contributed by atoms with Gasteiger partial charge in [-0.25, -0.2) is 0 Å². The molecule has 1 aliphatic carbocycles. The minimum Gasteiger partial charge on any atom is -0.490 e. The summed E-state index contributed by atoms with van der Waals surface area (Å²) >= 11 is 0. The second-order valence-electron chi connectivity index (χ2n) is 9.00. The maximum absolute atomic E-state index is 11.8. The van der Waals surface area contributed by atoms with Crippen molar-refractivity contribution in [3.63, 3.8) is 0 Å². The van der Waals surface area contributed by atoms with E-state index in [1.807, 2.05) is 13.8 Å². The molecule has 0 bridgehead atoms. The summed E-state index contributed by atoms with van der Waals surface area (Å²) in [5, 5.41) is 3.10. The lowest BCUT2D eigenvalue weighted by atomic mass is 9.96. The maximum atomic E-state index is 11.8. The predicted octanol–water partition coefficient (Wildman–Crippen LogP) is 5.28. The van der Waals surface area contributed by atoms with Gasteiger partial charge in [0.2, 0.25) is 5.91 Å². The number of fused-ring (bicyclic) bond motifs is 1. The van der Waals surface area contributed by atoms with E-state index in [2.05, 4.69) is 53.8 Å². The summed E-state index contributed by atoms with van der Waals surface area (Å²) in [4.78, 5) is 11.8. The Balaban J connectivity index is 1.25. The number of nitrogens with one attached hydrogen (secondary N) is 1. The van der Waals surface area contributed by atoms with Crippen molar-refractivity contribution in [2.75, 3.05) is 6.54 Å². The molecule has 0 saturated heterocycles. The number of amides is 1. The third-order valence-electron chi connectivity index (χ3n) is 6.36. The number of hydrogen-bond donors (Lipinski definition) is 1. The van der Waals surface area contributed by atoms with Gasteiger partial charge in [0, 0.05) is 24.4 Å². The Morgan fingerprint density at radius 1 is 1.10 bits per heavy atom. The highest BCUT2D eigenvalue weighted by atomic mass is 16.5. The van der Waals surface area contributed by atoms with Crippen LogP contribution >= 0.6 is 0 Å². The smallest absolute Gasteiger partial charge is 0.222 e. The van der Waals surface area contributed by atoms with Gasteiger partial charge in [0.1, 0.15) is 11.9 Å². The molecule has 2 aromatic rings. The number of carbonyl (C=O) groups is 1. The van der Waals surface area contributed by atoms with Crippen molar-refractivity contribution in [3.05, 3.63) is 65.2 Å². The average molecular weight is 392 g/mol.